The molecule has 132 valence electrons. The van der Waals surface area contributed by atoms with E-state index in [2.05, 4.69) is 5.32 Å². The van der Waals surface area contributed by atoms with Crippen LogP contribution in [-0.4, -0.2) is 25.6 Å². The lowest BCUT2D eigenvalue weighted by Gasteiger charge is -2.10. The molecule has 1 aromatic carbocycles. The molecule has 1 N–H and O–H groups in total. The van der Waals surface area contributed by atoms with Crippen LogP contribution < -0.4 is 10.1 Å². The molecular weight excluding hydrogens is 362 g/mol. The highest BCUT2D eigenvalue weighted by Crippen LogP contribution is 2.30. The van der Waals surface area contributed by atoms with Crippen LogP contribution in [0.5, 0.6) is 5.75 Å². The minimum Gasteiger partial charge on any atom is -0.495 e. The number of halogens is 1. The zero-order chi connectivity index (χ0) is 17.8. The van der Waals surface area contributed by atoms with E-state index in [4.69, 9.17) is 21.1 Å². The van der Waals surface area contributed by atoms with Crippen molar-refractivity contribution < 1.29 is 19.1 Å². The second-order valence-corrected chi connectivity index (χ2v) is 7.31. The van der Waals surface area contributed by atoms with Crippen molar-refractivity contribution in [1.29, 1.82) is 0 Å². The molecule has 0 saturated carbocycles. The van der Waals surface area contributed by atoms with Gasteiger partial charge in [0.1, 0.15) is 10.6 Å². The number of anilines is 1. The molecular formula is C18H18ClNO4S. The van der Waals surface area contributed by atoms with Crippen molar-refractivity contribution in [2.75, 3.05) is 19.0 Å². The summed E-state index contributed by atoms with van der Waals surface area (Å²) in [6, 6.07) is 6.78. The standard InChI is InChI=1S/C18H18ClNO4S/c1-23-14-7-6-12(19)9-13(14)20-17(21)10-24-18(22)16-8-11-4-2-3-5-15(11)25-16/h6-9H,2-5,10H2,1H3,(H,20,21). The lowest BCUT2D eigenvalue weighted by atomic mass is 9.99. The number of esters is 1. The monoisotopic (exact) mass is 379 g/mol. The van der Waals surface area contributed by atoms with E-state index in [0.29, 0.717) is 21.3 Å². The van der Waals surface area contributed by atoms with Crippen molar-refractivity contribution in [2.45, 2.75) is 25.7 Å². The van der Waals surface area contributed by atoms with Crippen molar-refractivity contribution >= 4 is 40.5 Å². The maximum Gasteiger partial charge on any atom is 0.348 e. The molecule has 0 aliphatic heterocycles. The summed E-state index contributed by atoms with van der Waals surface area (Å²) in [5, 5.41) is 3.11. The third kappa shape index (κ3) is 4.32. The Balaban J connectivity index is 1.58. The van der Waals surface area contributed by atoms with Crippen LogP contribution in [0.2, 0.25) is 5.02 Å². The number of aryl methyl sites for hydroxylation is 2. The third-order valence-corrected chi connectivity index (χ3v) is 5.42. The number of carbonyl (C=O) groups is 2. The number of carbonyl (C=O) groups excluding carboxylic acids is 2. The van der Waals surface area contributed by atoms with Gasteiger partial charge in [-0.2, -0.15) is 0 Å². The van der Waals surface area contributed by atoms with Crippen molar-refractivity contribution in [2.24, 2.45) is 0 Å². The Morgan fingerprint density at radius 1 is 1.24 bits per heavy atom. The van der Waals surface area contributed by atoms with Gasteiger partial charge >= 0.3 is 5.97 Å². The molecule has 7 heteroatoms. The SMILES string of the molecule is COc1ccc(Cl)cc1NC(=O)COC(=O)c1cc2c(s1)CCCC2. The highest BCUT2D eigenvalue weighted by Gasteiger charge is 2.19. The number of amides is 1. The van der Waals surface area contributed by atoms with Gasteiger partial charge < -0.3 is 14.8 Å². The minimum atomic E-state index is -0.465. The molecule has 0 radical (unpaired) electrons. The molecule has 2 aromatic rings. The van der Waals surface area contributed by atoms with E-state index in [-0.39, 0.29) is 6.61 Å². The number of methoxy groups -OCH3 is 1. The van der Waals surface area contributed by atoms with E-state index in [1.165, 1.54) is 28.9 Å². The van der Waals surface area contributed by atoms with Crippen molar-refractivity contribution in [3.05, 3.63) is 44.6 Å². The molecule has 0 bridgehead atoms. The Kier molecular flexibility index (Phi) is 5.60. The van der Waals surface area contributed by atoms with Crippen molar-refractivity contribution in [1.82, 2.24) is 0 Å². The molecule has 0 saturated heterocycles. The second-order valence-electron chi connectivity index (χ2n) is 5.74. The fourth-order valence-corrected chi connectivity index (χ4v) is 4.08. The number of ether oxygens (including phenoxy) is 2. The Morgan fingerprint density at radius 3 is 2.80 bits per heavy atom. The summed E-state index contributed by atoms with van der Waals surface area (Å²) in [5.41, 5.74) is 1.67. The maximum atomic E-state index is 12.2. The molecule has 1 amide bonds. The maximum absolute atomic E-state index is 12.2. The summed E-state index contributed by atoms with van der Waals surface area (Å²) in [6.45, 7) is -0.364. The van der Waals surface area contributed by atoms with Crippen LogP contribution in [0.4, 0.5) is 5.69 Å². The van der Waals surface area contributed by atoms with E-state index in [1.54, 1.807) is 18.2 Å². The molecule has 1 aliphatic rings. The molecule has 1 aromatic heterocycles. The fourth-order valence-electron chi connectivity index (χ4n) is 2.76. The van der Waals surface area contributed by atoms with Gasteiger partial charge in [-0.3, -0.25) is 4.79 Å². The number of nitrogens with one attached hydrogen (secondary N) is 1. The molecule has 0 atom stereocenters. The van der Waals surface area contributed by atoms with Gasteiger partial charge in [0.2, 0.25) is 0 Å². The first kappa shape index (κ1) is 17.8. The third-order valence-electron chi connectivity index (χ3n) is 3.97. The van der Waals surface area contributed by atoms with Crippen LogP contribution in [0.25, 0.3) is 0 Å². The van der Waals surface area contributed by atoms with E-state index in [1.807, 2.05) is 6.07 Å². The van der Waals surface area contributed by atoms with Gasteiger partial charge in [-0.25, -0.2) is 4.79 Å². The number of hydrogen-bond donors (Lipinski definition) is 1. The summed E-state index contributed by atoms with van der Waals surface area (Å²) in [6.07, 6.45) is 4.34. The van der Waals surface area contributed by atoms with E-state index >= 15 is 0 Å². The Bertz CT molecular complexity index is 779. The Morgan fingerprint density at radius 2 is 2.04 bits per heavy atom. The van der Waals surface area contributed by atoms with Crippen LogP contribution in [0, 0.1) is 0 Å². The predicted molar refractivity (Wildman–Crippen MR) is 97.9 cm³/mol. The van der Waals surface area contributed by atoms with Crippen LogP contribution in [-0.2, 0) is 22.4 Å². The Hall–Kier alpha value is -2.05. The first-order valence-corrected chi connectivity index (χ1v) is 9.18. The van der Waals surface area contributed by atoms with Gasteiger partial charge in [0.05, 0.1) is 12.8 Å². The molecule has 0 fully saturated rings. The quantitative estimate of drug-likeness (QED) is 0.795. The summed E-state index contributed by atoms with van der Waals surface area (Å²) in [4.78, 5) is 26.0. The highest BCUT2D eigenvalue weighted by molar-refractivity contribution is 7.14. The highest BCUT2D eigenvalue weighted by atomic mass is 35.5. The minimum absolute atomic E-state index is 0.364. The van der Waals surface area contributed by atoms with Crippen LogP contribution in [0.3, 0.4) is 0 Å². The summed E-state index contributed by atoms with van der Waals surface area (Å²) < 4.78 is 10.3. The molecule has 0 unspecified atom stereocenters. The smallest absolute Gasteiger partial charge is 0.348 e. The largest absolute Gasteiger partial charge is 0.495 e. The first-order valence-electron chi connectivity index (χ1n) is 7.99. The number of fused-ring (bicyclic) bond motifs is 1. The lowest BCUT2D eigenvalue weighted by Crippen LogP contribution is -2.21. The van der Waals surface area contributed by atoms with Crippen LogP contribution >= 0.6 is 22.9 Å². The zero-order valence-electron chi connectivity index (χ0n) is 13.8. The van der Waals surface area contributed by atoms with Gasteiger partial charge in [0, 0.05) is 9.90 Å². The molecule has 5 nitrogen and oxygen atoms in total. The zero-order valence-corrected chi connectivity index (χ0v) is 15.3. The van der Waals surface area contributed by atoms with E-state index in [9.17, 15) is 9.59 Å². The number of benzene rings is 1. The lowest BCUT2D eigenvalue weighted by molar-refractivity contribution is -0.119. The summed E-state index contributed by atoms with van der Waals surface area (Å²) in [7, 11) is 1.50. The van der Waals surface area contributed by atoms with Crippen LogP contribution in [0.15, 0.2) is 24.3 Å². The normalized spacial score (nSPS) is 13.0. The second kappa shape index (κ2) is 7.89. The van der Waals surface area contributed by atoms with E-state index < -0.39 is 11.9 Å². The Labute approximate surface area is 154 Å². The van der Waals surface area contributed by atoms with Gasteiger partial charge in [0.15, 0.2) is 6.61 Å². The molecule has 0 spiro atoms. The fraction of sp³-hybridized carbons (Fsp3) is 0.333. The van der Waals surface area contributed by atoms with Gasteiger partial charge in [-0.05, 0) is 55.5 Å². The van der Waals surface area contributed by atoms with Crippen molar-refractivity contribution in [3.63, 3.8) is 0 Å². The number of hydrogen-bond acceptors (Lipinski definition) is 5. The topological polar surface area (TPSA) is 64.6 Å². The number of thiophene rings is 1. The average Bonchev–Trinajstić information content (AvgIpc) is 3.04. The van der Waals surface area contributed by atoms with Crippen molar-refractivity contribution in [3.8, 4) is 5.75 Å². The van der Waals surface area contributed by atoms with Gasteiger partial charge in [0.25, 0.3) is 5.91 Å². The van der Waals surface area contributed by atoms with Crippen LogP contribution in [0.1, 0.15) is 33.0 Å². The average molecular weight is 380 g/mol. The predicted octanol–water partition coefficient (Wildman–Crippen LogP) is 4.08. The number of rotatable bonds is 5. The molecule has 1 aliphatic carbocycles. The molecule has 1 heterocycles. The summed E-state index contributed by atoms with van der Waals surface area (Å²) in [5.74, 6) is -0.433. The summed E-state index contributed by atoms with van der Waals surface area (Å²) >= 11 is 7.39. The van der Waals surface area contributed by atoms with Gasteiger partial charge in [-0.15, -0.1) is 11.3 Å². The molecule has 25 heavy (non-hydrogen) atoms. The van der Waals surface area contributed by atoms with Gasteiger partial charge in [-0.1, -0.05) is 11.6 Å². The first-order chi connectivity index (χ1) is 12.1. The van der Waals surface area contributed by atoms with E-state index in [0.717, 1.165) is 25.7 Å². The molecule has 3 rings (SSSR count).